The molecule has 0 amide bonds. The minimum atomic E-state index is -4.15. The molecule has 0 spiro atoms. The summed E-state index contributed by atoms with van der Waals surface area (Å²) in [5.41, 5.74) is 1.75. The van der Waals surface area contributed by atoms with Crippen molar-refractivity contribution in [3.05, 3.63) is 69.6 Å². The van der Waals surface area contributed by atoms with Crippen molar-refractivity contribution in [3.8, 4) is 11.5 Å². The minimum absolute atomic E-state index is 0.0425. The van der Waals surface area contributed by atoms with E-state index in [9.17, 15) is 23.3 Å². The van der Waals surface area contributed by atoms with Crippen LogP contribution in [0.4, 0.5) is 5.69 Å². The Balaban J connectivity index is 1.56. The molecule has 0 aliphatic rings. The molecule has 2 aromatic carbocycles. The molecule has 0 unspecified atom stereocenters. The Morgan fingerprint density at radius 3 is 2.55 bits per heavy atom. The van der Waals surface area contributed by atoms with Crippen molar-refractivity contribution in [2.45, 2.75) is 25.3 Å². The second-order valence-corrected chi connectivity index (χ2v) is 8.32. The molecule has 0 radical (unpaired) electrons. The summed E-state index contributed by atoms with van der Waals surface area (Å²) in [4.78, 5) is 21.9. The molecule has 0 aliphatic carbocycles. The number of nitrogens with one attached hydrogen (secondary N) is 1. The van der Waals surface area contributed by atoms with Crippen LogP contribution in [0.2, 0.25) is 0 Å². The number of aromatic nitrogens is 2. The van der Waals surface area contributed by atoms with Gasteiger partial charge < -0.3 is 9.15 Å². The van der Waals surface area contributed by atoms with Crippen molar-refractivity contribution in [3.63, 3.8) is 0 Å². The summed E-state index contributed by atoms with van der Waals surface area (Å²) < 4.78 is 37.0. The van der Waals surface area contributed by atoms with Gasteiger partial charge in [-0.15, -0.1) is 10.2 Å². The largest absolute Gasteiger partial charge is 0.455 e. The van der Waals surface area contributed by atoms with E-state index < -0.39 is 27.5 Å². The fourth-order valence-corrected chi connectivity index (χ4v) is 3.50. The van der Waals surface area contributed by atoms with Gasteiger partial charge in [-0.3, -0.25) is 14.9 Å². The quantitative estimate of drug-likeness (QED) is 0.312. The molecule has 1 aromatic heterocycles. The van der Waals surface area contributed by atoms with Crippen LogP contribution in [-0.4, -0.2) is 36.1 Å². The van der Waals surface area contributed by atoms with Crippen molar-refractivity contribution in [2.75, 3.05) is 6.54 Å². The van der Waals surface area contributed by atoms with E-state index in [2.05, 4.69) is 10.2 Å². The van der Waals surface area contributed by atoms with Crippen LogP contribution in [0.1, 0.15) is 17.0 Å². The van der Waals surface area contributed by atoms with E-state index in [1.807, 2.05) is 35.9 Å². The van der Waals surface area contributed by atoms with E-state index in [-0.39, 0.29) is 29.0 Å². The van der Waals surface area contributed by atoms with Crippen LogP contribution >= 0.6 is 0 Å². The third-order valence-corrected chi connectivity index (χ3v) is 5.62. The lowest BCUT2D eigenvalue weighted by Crippen LogP contribution is -2.30. The maximum atomic E-state index is 12.3. The Hall–Kier alpha value is -3.64. The highest BCUT2D eigenvalue weighted by atomic mass is 32.2. The highest BCUT2D eigenvalue weighted by Gasteiger charge is 2.21. The summed E-state index contributed by atoms with van der Waals surface area (Å²) in [6.45, 7) is 2.41. The van der Waals surface area contributed by atoms with E-state index in [0.717, 1.165) is 11.6 Å². The van der Waals surface area contributed by atoms with Gasteiger partial charge in [0.2, 0.25) is 15.9 Å². The molecule has 1 heterocycles. The molecule has 11 nitrogen and oxygen atoms in total. The van der Waals surface area contributed by atoms with E-state index in [0.29, 0.717) is 11.1 Å². The summed E-state index contributed by atoms with van der Waals surface area (Å²) in [5, 5.41) is 18.6. The predicted octanol–water partition coefficient (Wildman–Crippen LogP) is 2.28. The number of hydrogen-bond donors (Lipinski definition) is 1. The molecule has 1 N–H and O–H groups in total. The van der Waals surface area contributed by atoms with Crippen LogP contribution in [0.15, 0.2) is 51.8 Å². The number of esters is 1. The Labute approximate surface area is 177 Å². The van der Waals surface area contributed by atoms with Crippen molar-refractivity contribution in [2.24, 2.45) is 0 Å². The number of carbonyl (C=O) groups excluding carboxylic acids is 1. The molecule has 0 saturated carbocycles. The van der Waals surface area contributed by atoms with Gasteiger partial charge in [-0.05, 0) is 32.0 Å². The number of sulfonamides is 1. The first kappa shape index (κ1) is 22.1. The van der Waals surface area contributed by atoms with Crippen LogP contribution in [0, 0.1) is 24.0 Å². The normalized spacial score (nSPS) is 11.3. The minimum Gasteiger partial charge on any atom is -0.455 e. The Morgan fingerprint density at radius 2 is 1.87 bits per heavy atom. The highest BCUT2D eigenvalue weighted by Crippen LogP contribution is 2.22. The van der Waals surface area contributed by atoms with Gasteiger partial charge in [-0.2, -0.15) is 4.72 Å². The zero-order chi connectivity index (χ0) is 22.6. The Morgan fingerprint density at radius 1 is 1.16 bits per heavy atom. The van der Waals surface area contributed by atoms with Gasteiger partial charge in [-0.1, -0.05) is 23.8 Å². The average molecular weight is 446 g/mol. The number of ether oxygens (including phenoxy) is 1. The van der Waals surface area contributed by atoms with Gasteiger partial charge in [0, 0.05) is 17.2 Å². The molecule has 162 valence electrons. The molecule has 0 saturated heterocycles. The Bertz CT molecular complexity index is 1220. The van der Waals surface area contributed by atoms with E-state index >= 15 is 0 Å². The predicted molar refractivity (Wildman–Crippen MR) is 107 cm³/mol. The number of nitro groups is 1. The fraction of sp³-hybridized carbons (Fsp3) is 0.211. The summed E-state index contributed by atoms with van der Waals surface area (Å²) in [6.07, 6.45) is 0. The third-order valence-electron chi connectivity index (χ3n) is 4.22. The summed E-state index contributed by atoms with van der Waals surface area (Å²) in [6, 6.07) is 10.8. The topological polar surface area (TPSA) is 155 Å². The zero-order valence-corrected chi connectivity index (χ0v) is 17.4. The maximum absolute atomic E-state index is 12.3. The lowest BCUT2D eigenvalue weighted by Gasteiger charge is -2.07. The van der Waals surface area contributed by atoms with Crippen molar-refractivity contribution in [1.82, 2.24) is 14.9 Å². The summed E-state index contributed by atoms with van der Waals surface area (Å²) >= 11 is 0. The lowest BCUT2D eigenvalue weighted by atomic mass is 10.1. The van der Waals surface area contributed by atoms with E-state index in [1.165, 1.54) is 19.1 Å². The lowest BCUT2D eigenvalue weighted by molar-refractivity contribution is -0.385. The maximum Gasteiger partial charge on any atom is 0.321 e. The first-order valence-corrected chi connectivity index (χ1v) is 10.4. The fourth-order valence-electron chi connectivity index (χ4n) is 2.51. The van der Waals surface area contributed by atoms with Gasteiger partial charge >= 0.3 is 5.97 Å². The third kappa shape index (κ3) is 5.49. The SMILES string of the molecule is Cc1ccc(-c2nnc(COC(=O)CNS(=O)(=O)c3ccc(C)c([N+](=O)[O-])c3)o2)cc1. The number of nitro benzene ring substituents is 1. The first-order chi connectivity index (χ1) is 14.7. The summed E-state index contributed by atoms with van der Waals surface area (Å²) in [7, 11) is -4.15. The Kier molecular flexibility index (Phi) is 6.42. The molecule has 0 bridgehead atoms. The van der Waals surface area contributed by atoms with Crippen LogP contribution in [-0.2, 0) is 26.2 Å². The van der Waals surface area contributed by atoms with Crippen LogP contribution in [0.25, 0.3) is 11.5 Å². The molecule has 3 aromatic rings. The van der Waals surface area contributed by atoms with Crippen molar-refractivity contribution >= 4 is 21.7 Å². The number of hydrogen-bond acceptors (Lipinski definition) is 9. The number of rotatable bonds is 8. The molecule has 0 aliphatic heterocycles. The van der Waals surface area contributed by atoms with Gasteiger partial charge in [0.15, 0.2) is 6.61 Å². The van der Waals surface area contributed by atoms with Gasteiger partial charge in [-0.25, -0.2) is 8.42 Å². The average Bonchev–Trinajstić information content (AvgIpc) is 3.20. The standard InChI is InChI=1S/C19H18N4O7S/c1-12-3-6-14(7-4-12)19-22-21-17(30-19)11-29-18(24)10-20-31(27,28)15-8-5-13(2)16(9-15)23(25)26/h3-9,20H,10-11H2,1-2H3. The van der Waals surface area contributed by atoms with Crippen molar-refractivity contribution < 1.29 is 27.3 Å². The second kappa shape index (κ2) is 9.02. The van der Waals surface area contributed by atoms with Crippen LogP contribution in [0.5, 0.6) is 0 Å². The molecular weight excluding hydrogens is 428 g/mol. The van der Waals surface area contributed by atoms with Crippen LogP contribution < -0.4 is 4.72 Å². The zero-order valence-electron chi connectivity index (χ0n) is 16.6. The van der Waals surface area contributed by atoms with Gasteiger partial charge in [0.25, 0.3) is 11.6 Å². The molecule has 0 atom stereocenters. The molecule has 12 heteroatoms. The molecule has 0 fully saturated rings. The monoisotopic (exact) mass is 446 g/mol. The van der Waals surface area contributed by atoms with Crippen LogP contribution in [0.3, 0.4) is 0 Å². The smallest absolute Gasteiger partial charge is 0.321 e. The number of aryl methyl sites for hydroxylation is 2. The first-order valence-electron chi connectivity index (χ1n) is 8.95. The van der Waals surface area contributed by atoms with Gasteiger partial charge in [0.05, 0.1) is 9.82 Å². The molecule has 31 heavy (non-hydrogen) atoms. The molecule has 3 rings (SSSR count). The number of nitrogens with zero attached hydrogens (tertiary/aromatic N) is 3. The number of carbonyl (C=O) groups is 1. The van der Waals surface area contributed by atoms with Gasteiger partial charge in [0.1, 0.15) is 6.54 Å². The summed E-state index contributed by atoms with van der Waals surface area (Å²) in [5.74, 6) is -0.589. The van der Waals surface area contributed by atoms with E-state index in [1.54, 1.807) is 0 Å². The molecular formula is C19H18N4O7S. The highest BCUT2D eigenvalue weighted by molar-refractivity contribution is 7.89. The van der Waals surface area contributed by atoms with Crippen molar-refractivity contribution in [1.29, 1.82) is 0 Å². The number of benzene rings is 2. The van der Waals surface area contributed by atoms with E-state index in [4.69, 9.17) is 9.15 Å². The second-order valence-electron chi connectivity index (χ2n) is 6.56.